The van der Waals surface area contributed by atoms with Crippen LogP contribution in [-0.4, -0.2) is 5.92 Å². The molecule has 0 aromatic heterocycles. The van der Waals surface area contributed by atoms with Crippen LogP contribution in [0, 0.1) is 0 Å². The van der Waals surface area contributed by atoms with Gasteiger partial charge in [-0.3, -0.25) is 0 Å². The minimum Gasteiger partial charge on any atom is -1.00 e. The summed E-state index contributed by atoms with van der Waals surface area (Å²) in [6.07, 6.45) is 4.92. The van der Waals surface area contributed by atoms with Crippen LogP contribution in [0.3, 0.4) is 0 Å². The molecule has 0 nitrogen and oxygen atoms in total. The summed E-state index contributed by atoms with van der Waals surface area (Å²) in [7, 11) is 0. The first-order valence-electron chi connectivity index (χ1n) is 15.7. The summed E-state index contributed by atoms with van der Waals surface area (Å²) >= 11 is -0.607. The fourth-order valence-electron chi connectivity index (χ4n) is 7.13. The third-order valence-electron chi connectivity index (χ3n) is 9.25. The van der Waals surface area contributed by atoms with E-state index in [0.717, 1.165) is 6.42 Å². The van der Waals surface area contributed by atoms with Gasteiger partial charge in [0.15, 0.2) is 0 Å². The predicted molar refractivity (Wildman–Crippen MR) is 179 cm³/mol. The van der Waals surface area contributed by atoms with Gasteiger partial charge in [0, 0.05) is 0 Å². The molecule has 0 amide bonds. The number of allylic oxidation sites excluding steroid dienone is 1. The van der Waals surface area contributed by atoms with E-state index in [-0.39, 0.29) is 35.6 Å². The number of hydrogen-bond acceptors (Lipinski definition) is 0. The minimum atomic E-state index is -0.662. The number of hydrogen-bond donors (Lipinski definition) is 0. The Morgan fingerprint density at radius 2 is 1.37 bits per heavy atom. The molecule has 4 aromatic rings. The molecule has 0 bridgehead atoms. The van der Waals surface area contributed by atoms with E-state index in [4.69, 9.17) is 0 Å². The summed E-state index contributed by atoms with van der Waals surface area (Å²) < 4.78 is 0.667. The first-order valence-corrected chi connectivity index (χ1v) is 24.3. The Bertz CT molecular complexity index is 1690. The molecule has 0 saturated carbocycles. The molecular weight excluding hydrogens is 659 g/mol. The van der Waals surface area contributed by atoms with Crippen LogP contribution in [0.5, 0.6) is 0 Å². The van der Waals surface area contributed by atoms with Crippen LogP contribution < -0.4 is 24.8 Å². The van der Waals surface area contributed by atoms with Crippen molar-refractivity contribution in [1.29, 1.82) is 0 Å². The van der Waals surface area contributed by atoms with Crippen LogP contribution in [0.4, 0.5) is 0 Å². The summed E-state index contributed by atoms with van der Waals surface area (Å²) in [5.74, 6) is -0.303. The van der Waals surface area contributed by atoms with Gasteiger partial charge in [-0.15, -0.1) is 0 Å². The van der Waals surface area contributed by atoms with E-state index in [1.54, 1.807) is 27.8 Å². The molecular formula is C39H46Cl2SiZr. The second kappa shape index (κ2) is 12.7. The average Bonchev–Trinajstić information content (AvgIpc) is 3.42. The molecule has 0 heterocycles. The molecule has 6 rings (SSSR count). The molecule has 0 aliphatic heterocycles. The summed E-state index contributed by atoms with van der Waals surface area (Å²) in [6.45, 7) is 21.8. The molecule has 43 heavy (non-hydrogen) atoms. The SMILES string of the molecule is CCCC1=Cc2c(ccc3ccccc23)C1c1cc(C(C)(C)C)cc2c1[CH]([Zr+2][SiH](C)C)c1ccc(C(C)(C)C)cc1-2.[Cl-].[Cl-]. The van der Waals surface area contributed by atoms with Crippen molar-refractivity contribution in [2.75, 3.05) is 0 Å². The van der Waals surface area contributed by atoms with Crippen molar-refractivity contribution < 1.29 is 47.2 Å². The van der Waals surface area contributed by atoms with Gasteiger partial charge in [0.1, 0.15) is 0 Å². The van der Waals surface area contributed by atoms with Gasteiger partial charge in [0.05, 0.1) is 0 Å². The first kappa shape index (κ1) is 34.4. The molecule has 0 N–H and O–H groups in total. The molecule has 2 aliphatic rings. The minimum absolute atomic E-state index is 0. The molecule has 0 saturated heterocycles. The van der Waals surface area contributed by atoms with E-state index in [2.05, 4.69) is 134 Å². The summed E-state index contributed by atoms with van der Waals surface area (Å²) in [5.41, 5.74) is 15.9. The third kappa shape index (κ3) is 6.21. The zero-order valence-corrected chi connectivity index (χ0v) is 32.5. The van der Waals surface area contributed by atoms with E-state index in [0.29, 0.717) is 9.54 Å². The van der Waals surface area contributed by atoms with Crippen molar-refractivity contribution in [1.82, 2.24) is 0 Å². The van der Waals surface area contributed by atoms with Gasteiger partial charge in [-0.1, -0.05) is 0 Å². The second-order valence-electron chi connectivity index (χ2n) is 14.8. The quantitative estimate of drug-likeness (QED) is 0.260. The van der Waals surface area contributed by atoms with Crippen LogP contribution in [-0.2, 0) is 33.2 Å². The molecule has 224 valence electrons. The largest absolute Gasteiger partial charge is 1.00 e. The third-order valence-corrected chi connectivity index (χ3v) is 19.1. The monoisotopic (exact) mass is 702 g/mol. The van der Waals surface area contributed by atoms with Crippen LogP contribution in [0.15, 0.2) is 72.3 Å². The van der Waals surface area contributed by atoms with Gasteiger partial charge in [0.2, 0.25) is 0 Å². The maximum Gasteiger partial charge on any atom is -1.00 e. The summed E-state index contributed by atoms with van der Waals surface area (Å²) in [4.78, 5) is 0. The van der Waals surface area contributed by atoms with Gasteiger partial charge in [0.25, 0.3) is 0 Å². The molecule has 0 spiro atoms. The van der Waals surface area contributed by atoms with Crippen molar-refractivity contribution in [3.63, 3.8) is 0 Å². The maximum absolute atomic E-state index is 2.65. The maximum atomic E-state index is 2.65. The number of fused-ring (bicyclic) bond motifs is 6. The fourth-order valence-corrected chi connectivity index (χ4v) is 17.0. The Labute approximate surface area is 285 Å². The number of halogens is 2. The Kier molecular flexibility index (Phi) is 10.2. The van der Waals surface area contributed by atoms with Gasteiger partial charge < -0.3 is 24.8 Å². The fraction of sp³-hybridized carbons (Fsp3) is 0.385. The van der Waals surface area contributed by atoms with E-state index in [9.17, 15) is 0 Å². The van der Waals surface area contributed by atoms with Gasteiger partial charge in [-0.05, 0) is 0 Å². The van der Waals surface area contributed by atoms with Crippen molar-refractivity contribution in [2.45, 2.75) is 94.8 Å². The van der Waals surface area contributed by atoms with Crippen LogP contribution in [0.1, 0.15) is 110 Å². The Hall–Kier alpha value is -1.44. The molecule has 2 atom stereocenters. The van der Waals surface area contributed by atoms with Crippen molar-refractivity contribution in [2.24, 2.45) is 0 Å². The van der Waals surface area contributed by atoms with Crippen molar-refractivity contribution in [3.05, 3.63) is 111 Å². The summed E-state index contributed by atoms with van der Waals surface area (Å²) in [6, 6.07) is 26.6. The van der Waals surface area contributed by atoms with Crippen LogP contribution in [0.25, 0.3) is 28.0 Å². The van der Waals surface area contributed by atoms with E-state index < -0.39 is 28.3 Å². The summed E-state index contributed by atoms with van der Waals surface area (Å²) in [5, 5.41) is 2.76. The predicted octanol–water partition coefficient (Wildman–Crippen LogP) is 4.91. The molecule has 0 radical (unpaired) electrons. The average molecular weight is 705 g/mol. The van der Waals surface area contributed by atoms with Gasteiger partial charge in [-0.25, -0.2) is 0 Å². The van der Waals surface area contributed by atoms with E-state index >= 15 is 0 Å². The van der Waals surface area contributed by atoms with Crippen LogP contribution in [0.2, 0.25) is 13.1 Å². The zero-order chi connectivity index (χ0) is 29.3. The molecule has 2 aliphatic carbocycles. The van der Waals surface area contributed by atoms with Crippen molar-refractivity contribution in [3.8, 4) is 11.1 Å². The molecule has 0 fully saturated rings. The van der Waals surface area contributed by atoms with Gasteiger partial charge >= 0.3 is 262 Å². The molecule has 4 aromatic carbocycles. The topological polar surface area (TPSA) is 0 Å². The Morgan fingerprint density at radius 1 is 0.721 bits per heavy atom. The van der Waals surface area contributed by atoms with E-state index in [1.165, 1.54) is 45.0 Å². The Morgan fingerprint density at radius 3 is 2.02 bits per heavy atom. The molecule has 4 heteroatoms. The van der Waals surface area contributed by atoms with Crippen LogP contribution >= 0.6 is 0 Å². The second-order valence-corrected chi connectivity index (χ2v) is 29.8. The Balaban J connectivity index is 0.00000212. The van der Waals surface area contributed by atoms with E-state index in [1.807, 2.05) is 0 Å². The molecule has 2 unspecified atom stereocenters. The number of benzene rings is 4. The normalized spacial score (nSPS) is 17.0. The smallest absolute Gasteiger partial charge is 1.00 e. The number of rotatable bonds is 5. The zero-order valence-electron chi connectivity index (χ0n) is 27.3. The van der Waals surface area contributed by atoms with Gasteiger partial charge in [-0.2, -0.15) is 0 Å². The first-order chi connectivity index (χ1) is 19.4. The van der Waals surface area contributed by atoms with Crippen molar-refractivity contribution >= 4 is 22.8 Å². The standard InChI is InChI=1S/C37H39.C2H7Si.2ClH.Zr/c1-8-11-25-19-31-28-13-10-9-12-23(28)15-17-29(31)35(25)34-22-27(37(5,6)7)21-33-30-20-26(36(2,3)4)16-14-24(30)18-32(33)34;1-3-2;;;/h9-10,12-22,35H,8,11H2,1-7H3;3H,1-2H3;2*1H;/q;;;;+2/p-2.